The zero-order valence-corrected chi connectivity index (χ0v) is 7.93. The molecule has 5 heteroatoms. The van der Waals surface area contributed by atoms with Crippen LogP contribution in [0.15, 0.2) is 23.3 Å². The van der Waals surface area contributed by atoms with E-state index >= 15 is 0 Å². The third-order valence-electron chi connectivity index (χ3n) is 1.45. The Hall–Kier alpha value is -1.65. The fraction of sp³-hybridized carbons (Fsp3) is 0.375. The van der Waals surface area contributed by atoms with Gasteiger partial charge in [-0.25, -0.2) is 18.9 Å². The Morgan fingerprint density at radius 3 is 2.69 bits per heavy atom. The van der Waals surface area contributed by atoms with Gasteiger partial charge in [0.2, 0.25) is 0 Å². The second-order valence-electron chi connectivity index (χ2n) is 2.20. The van der Waals surface area contributed by atoms with Gasteiger partial charge in [-0.3, -0.25) is 0 Å². The number of hydrogen-bond donors (Lipinski definition) is 0. The summed E-state index contributed by atoms with van der Waals surface area (Å²) < 4.78 is 2.64. The number of aromatic nitrogens is 4. The molecule has 0 radical (unpaired) electrons. The predicted molar refractivity (Wildman–Crippen MR) is 49.6 cm³/mol. The summed E-state index contributed by atoms with van der Waals surface area (Å²) in [4.78, 5) is 15.0. The van der Waals surface area contributed by atoms with Crippen LogP contribution in [0.2, 0.25) is 0 Å². The van der Waals surface area contributed by atoms with Gasteiger partial charge in [-0.2, -0.15) is 0 Å². The molecule has 0 amide bonds. The van der Waals surface area contributed by atoms with Crippen molar-refractivity contribution in [1.82, 2.24) is 19.2 Å². The molecule has 0 bridgehead atoms. The van der Waals surface area contributed by atoms with Crippen LogP contribution in [0.3, 0.4) is 0 Å². The van der Waals surface area contributed by atoms with Crippen molar-refractivity contribution in [3.63, 3.8) is 0 Å². The lowest BCUT2D eigenvalue weighted by Crippen LogP contribution is -2.17. The van der Waals surface area contributed by atoms with Gasteiger partial charge in [-0.1, -0.05) is 13.8 Å². The number of rotatable bonds is 0. The molecular formula is C8H12N4O. The van der Waals surface area contributed by atoms with E-state index in [0.29, 0.717) is 5.78 Å². The molecule has 0 saturated carbocycles. The topological polar surface area (TPSA) is 52.2 Å². The Labute approximate surface area is 75.6 Å². The van der Waals surface area contributed by atoms with Gasteiger partial charge >= 0.3 is 5.69 Å². The Balaban J connectivity index is 0.000000396. The Morgan fingerprint density at radius 2 is 2.08 bits per heavy atom. The van der Waals surface area contributed by atoms with Gasteiger partial charge in [0.15, 0.2) is 0 Å². The molecule has 0 aliphatic rings. The molecule has 0 saturated heterocycles. The molecule has 13 heavy (non-hydrogen) atoms. The van der Waals surface area contributed by atoms with Gasteiger partial charge in [-0.15, -0.1) is 5.10 Å². The average Bonchev–Trinajstić information content (AvgIpc) is 2.47. The van der Waals surface area contributed by atoms with E-state index < -0.39 is 0 Å². The van der Waals surface area contributed by atoms with Crippen molar-refractivity contribution in [1.29, 1.82) is 0 Å². The maximum atomic E-state index is 11.2. The summed E-state index contributed by atoms with van der Waals surface area (Å²) in [5, 5.41) is 3.87. The summed E-state index contributed by atoms with van der Waals surface area (Å²) in [5.41, 5.74) is -0.173. The molecule has 0 N–H and O–H groups in total. The van der Waals surface area contributed by atoms with Gasteiger partial charge in [-0.05, 0) is 6.07 Å². The summed E-state index contributed by atoms with van der Waals surface area (Å²) in [6, 6.07) is 1.69. The monoisotopic (exact) mass is 180 g/mol. The summed E-state index contributed by atoms with van der Waals surface area (Å²) in [6.45, 7) is 4.00. The number of fused-ring (bicyclic) bond motifs is 1. The Morgan fingerprint density at radius 1 is 1.38 bits per heavy atom. The molecule has 2 heterocycles. The van der Waals surface area contributed by atoms with Gasteiger partial charge < -0.3 is 0 Å². The highest BCUT2D eigenvalue weighted by atomic mass is 16.2. The minimum atomic E-state index is -0.173. The normalized spacial score (nSPS) is 9.46. The van der Waals surface area contributed by atoms with Crippen LogP contribution in [0.4, 0.5) is 0 Å². The molecule has 0 aliphatic heterocycles. The summed E-state index contributed by atoms with van der Waals surface area (Å²) in [7, 11) is 1.59. The maximum absolute atomic E-state index is 11.2. The third-order valence-corrected chi connectivity index (χ3v) is 1.45. The van der Waals surface area contributed by atoms with Gasteiger partial charge in [0.25, 0.3) is 5.78 Å². The fourth-order valence-corrected chi connectivity index (χ4v) is 0.919. The first-order valence-electron chi connectivity index (χ1n) is 4.15. The van der Waals surface area contributed by atoms with Crippen LogP contribution < -0.4 is 5.69 Å². The van der Waals surface area contributed by atoms with Crippen LogP contribution in [0.25, 0.3) is 5.78 Å². The lowest BCUT2D eigenvalue weighted by Gasteiger charge is -1.83. The molecule has 0 unspecified atom stereocenters. The van der Waals surface area contributed by atoms with Gasteiger partial charge in [0.1, 0.15) is 0 Å². The highest BCUT2D eigenvalue weighted by molar-refractivity contribution is 5.23. The van der Waals surface area contributed by atoms with Crippen LogP contribution in [-0.2, 0) is 7.05 Å². The quantitative estimate of drug-likeness (QED) is 0.591. The van der Waals surface area contributed by atoms with Crippen molar-refractivity contribution in [2.45, 2.75) is 13.8 Å². The van der Waals surface area contributed by atoms with Crippen LogP contribution in [-0.4, -0.2) is 19.2 Å². The molecular weight excluding hydrogens is 168 g/mol. The van der Waals surface area contributed by atoms with Gasteiger partial charge in [0.05, 0.1) is 0 Å². The molecule has 0 aromatic carbocycles. The summed E-state index contributed by atoms with van der Waals surface area (Å²) >= 11 is 0. The summed E-state index contributed by atoms with van der Waals surface area (Å²) in [5.74, 6) is 0.431. The van der Waals surface area contributed by atoms with E-state index in [2.05, 4.69) is 10.1 Å². The second-order valence-corrected chi connectivity index (χ2v) is 2.20. The van der Waals surface area contributed by atoms with E-state index in [1.807, 2.05) is 13.8 Å². The smallest absolute Gasteiger partial charge is 0.246 e. The van der Waals surface area contributed by atoms with E-state index in [4.69, 9.17) is 0 Å². The van der Waals surface area contributed by atoms with Crippen LogP contribution >= 0.6 is 0 Å². The van der Waals surface area contributed by atoms with Crippen LogP contribution in [0.1, 0.15) is 13.8 Å². The number of nitrogens with zero attached hydrogens (tertiary/aromatic N) is 4. The molecule has 0 aliphatic carbocycles. The highest BCUT2D eigenvalue weighted by Crippen LogP contribution is 1.87. The van der Waals surface area contributed by atoms with E-state index in [1.54, 1.807) is 25.5 Å². The highest BCUT2D eigenvalue weighted by Gasteiger charge is 2.00. The van der Waals surface area contributed by atoms with Crippen LogP contribution in [0, 0.1) is 0 Å². The standard InChI is InChI=1S/C6H6N4O.C2H6/c1-9-6(11)10-4-2-3-7-5(10)8-9;1-2/h2-4H,1H3;1-2H3. The van der Waals surface area contributed by atoms with E-state index in [9.17, 15) is 4.79 Å². The average molecular weight is 180 g/mol. The Kier molecular flexibility index (Phi) is 2.79. The molecule has 2 aromatic heterocycles. The van der Waals surface area contributed by atoms with Crippen LogP contribution in [0.5, 0.6) is 0 Å². The molecule has 2 rings (SSSR count). The second kappa shape index (κ2) is 3.84. The minimum Gasteiger partial charge on any atom is -0.246 e. The van der Waals surface area contributed by atoms with Crippen molar-refractivity contribution >= 4 is 5.78 Å². The molecule has 70 valence electrons. The molecule has 2 aromatic rings. The first-order valence-corrected chi connectivity index (χ1v) is 4.15. The van der Waals surface area contributed by atoms with E-state index in [-0.39, 0.29) is 5.69 Å². The van der Waals surface area contributed by atoms with E-state index in [0.717, 1.165) is 0 Å². The third kappa shape index (κ3) is 1.58. The first-order chi connectivity index (χ1) is 6.29. The van der Waals surface area contributed by atoms with Crippen molar-refractivity contribution < 1.29 is 0 Å². The van der Waals surface area contributed by atoms with Crippen molar-refractivity contribution in [2.75, 3.05) is 0 Å². The fourth-order valence-electron chi connectivity index (χ4n) is 0.919. The Bertz CT molecular complexity index is 443. The maximum Gasteiger partial charge on any atom is 0.351 e. The lowest BCUT2D eigenvalue weighted by atomic mass is 10.7. The van der Waals surface area contributed by atoms with Gasteiger partial charge in [0, 0.05) is 19.4 Å². The summed E-state index contributed by atoms with van der Waals surface area (Å²) in [6.07, 6.45) is 3.24. The first kappa shape index (κ1) is 9.44. The van der Waals surface area contributed by atoms with Crippen molar-refractivity contribution in [2.24, 2.45) is 7.05 Å². The SMILES string of the molecule is CC.Cn1nc2ncccn2c1=O. The van der Waals surface area contributed by atoms with E-state index in [1.165, 1.54) is 9.08 Å². The number of hydrogen-bond acceptors (Lipinski definition) is 3. The molecule has 0 atom stereocenters. The number of aryl methyl sites for hydroxylation is 1. The lowest BCUT2D eigenvalue weighted by molar-refractivity contribution is 0.732. The predicted octanol–water partition coefficient (Wildman–Crippen LogP) is 0.454. The van der Waals surface area contributed by atoms with Crippen molar-refractivity contribution in [3.05, 3.63) is 28.9 Å². The molecule has 0 spiro atoms. The molecule has 5 nitrogen and oxygen atoms in total. The van der Waals surface area contributed by atoms with Crippen molar-refractivity contribution in [3.8, 4) is 0 Å². The zero-order chi connectivity index (χ0) is 9.84. The zero-order valence-electron chi connectivity index (χ0n) is 7.93. The minimum absolute atomic E-state index is 0.173. The molecule has 0 fully saturated rings. The largest absolute Gasteiger partial charge is 0.351 e.